The van der Waals surface area contributed by atoms with E-state index in [1.165, 1.54) is 0 Å². The Morgan fingerprint density at radius 3 is 2.96 bits per heavy atom. The Hall–Kier alpha value is -0.990. The number of benzene rings is 1. The second kappa shape index (κ2) is 7.72. The van der Waals surface area contributed by atoms with E-state index in [0.29, 0.717) is 0 Å². The predicted molar refractivity (Wildman–Crippen MR) is 102 cm³/mol. The van der Waals surface area contributed by atoms with Crippen LogP contribution in [0.3, 0.4) is 0 Å². The topological polar surface area (TPSA) is 36.4 Å². The molecule has 0 spiro atoms. The van der Waals surface area contributed by atoms with E-state index >= 15 is 0 Å². The molecule has 0 aliphatic carbocycles. The van der Waals surface area contributed by atoms with Crippen LogP contribution in [0.15, 0.2) is 29.8 Å². The van der Waals surface area contributed by atoms with Crippen LogP contribution in [0.2, 0.25) is 0 Å². The van der Waals surface area contributed by atoms with Gasteiger partial charge in [0, 0.05) is 41.3 Å². The number of rotatable bonds is 3. The first-order valence-corrected chi connectivity index (χ1v) is 9.76. The molecule has 0 saturated carbocycles. The number of thiazole rings is 1. The van der Waals surface area contributed by atoms with Gasteiger partial charge in [0.25, 0.3) is 5.91 Å². The molecule has 6 heteroatoms. The molecular weight excluding hydrogens is 421 g/mol. The van der Waals surface area contributed by atoms with E-state index in [1.807, 2.05) is 28.6 Å². The summed E-state index contributed by atoms with van der Waals surface area (Å²) < 4.78 is 1.07. The Labute approximate surface area is 154 Å². The Bertz CT molecular complexity index is 674. The van der Waals surface area contributed by atoms with Crippen LogP contribution < -0.4 is 0 Å². The van der Waals surface area contributed by atoms with E-state index in [9.17, 15) is 4.79 Å². The van der Waals surface area contributed by atoms with Crippen molar-refractivity contribution in [1.29, 1.82) is 0 Å². The van der Waals surface area contributed by atoms with Crippen LogP contribution in [-0.4, -0.2) is 46.9 Å². The zero-order valence-corrected chi connectivity index (χ0v) is 16.1. The van der Waals surface area contributed by atoms with E-state index < -0.39 is 0 Å². The lowest BCUT2D eigenvalue weighted by atomic mass is 10.1. The molecule has 0 unspecified atom stereocenters. The number of aryl methyl sites for hydroxylation is 1. The maximum atomic E-state index is 12.8. The normalized spacial score (nSPS) is 16.3. The van der Waals surface area contributed by atoms with Gasteiger partial charge in [-0.15, -0.1) is 11.3 Å². The van der Waals surface area contributed by atoms with Crippen molar-refractivity contribution in [3.63, 3.8) is 0 Å². The molecular formula is C17H20IN3OS. The fraction of sp³-hybridized carbons (Fsp3) is 0.412. The SMILES string of the molecule is Cc1cccc(C(=O)N2CCCN(Cc3nccs3)CC2)c1I. The highest BCUT2D eigenvalue weighted by molar-refractivity contribution is 14.1. The molecule has 4 nitrogen and oxygen atoms in total. The molecule has 1 saturated heterocycles. The third-order valence-corrected chi connectivity index (χ3v) is 6.34. The molecule has 0 atom stereocenters. The minimum absolute atomic E-state index is 0.161. The molecule has 2 aromatic rings. The van der Waals surface area contributed by atoms with Gasteiger partial charge in [-0.25, -0.2) is 4.98 Å². The molecule has 1 fully saturated rings. The van der Waals surface area contributed by atoms with Gasteiger partial charge in [0.15, 0.2) is 0 Å². The summed E-state index contributed by atoms with van der Waals surface area (Å²) in [6.07, 6.45) is 2.87. The zero-order valence-electron chi connectivity index (χ0n) is 13.2. The monoisotopic (exact) mass is 441 g/mol. The maximum Gasteiger partial charge on any atom is 0.254 e. The third-order valence-electron chi connectivity index (χ3n) is 4.14. The van der Waals surface area contributed by atoms with E-state index in [2.05, 4.69) is 45.5 Å². The predicted octanol–water partition coefficient (Wildman–Crippen LogP) is 3.40. The average molecular weight is 441 g/mol. The summed E-state index contributed by atoms with van der Waals surface area (Å²) in [4.78, 5) is 21.6. The second-order valence-corrected chi connectivity index (χ2v) is 7.84. The molecule has 1 aliphatic rings. The van der Waals surface area contributed by atoms with Gasteiger partial charge in [-0.05, 0) is 47.6 Å². The minimum Gasteiger partial charge on any atom is -0.337 e. The first-order chi connectivity index (χ1) is 11.1. The van der Waals surface area contributed by atoms with Gasteiger partial charge < -0.3 is 4.90 Å². The highest BCUT2D eigenvalue weighted by Gasteiger charge is 2.22. The molecule has 122 valence electrons. The summed E-state index contributed by atoms with van der Waals surface area (Å²) in [7, 11) is 0. The van der Waals surface area contributed by atoms with Gasteiger partial charge in [-0.1, -0.05) is 12.1 Å². The molecule has 0 N–H and O–H groups in total. The number of carbonyl (C=O) groups is 1. The lowest BCUT2D eigenvalue weighted by Crippen LogP contribution is -2.35. The molecule has 1 aromatic carbocycles. The molecule has 2 heterocycles. The Kier molecular flexibility index (Phi) is 5.66. The van der Waals surface area contributed by atoms with E-state index in [0.717, 1.165) is 58.8 Å². The maximum absolute atomic E-state index is 12.8. The number of aromatic nitrogens is 1. The van der Waals surface area contributed by atoms with Crippen LogP contribution in [0.1, 0.15) is 27.3 Å². The van der Waals surface area contributed by atoms with Crippen molar-refractivity contribution in [2.24, 2.45) is 0 Å². The molecule has 1 aromatic heterocycles. The van der Waals surface area contributed by atoms with Crippen molar-refractivity contribution in [1.82, 2.24) is 14.8 Å². The number of halogens is 1. The van der Waals surface area contributed by atoms with Crippen LogP contribution >= 0.6 is 33.9 Å². The Morgan fingerprint density at radius 1 is 1.30 bits per heavy atom. The highest BCUT2D eigenvalue weighted by Crippen LogP contribution is 2.19. The zero-order chi connectivity index (χ0) is 16.2. The van der Waals surface area contributed by atoms with Crippen molar-refractivity contribution in [3.8, 4) is 0 Å². The van der Waals surface area contributed by atoms with Crippen LogP contribution in [-0.2, 0) is 6.54 Å². The first-order valence-electron chi connectivity index (χ1n) is 7.80. The van der Waals surface area contributed by atoms with Crippen molar-refractivity contribution in [2.45, 2.75) is 19.9 Å². The largest absolute Gasteiger partial charge is 0.337 e. The summed E-state index contributed by atoms with van der Waals surface area (Å²) in [5.41, 5.74) is 2.00. The third kappa shape index (κ3) is 4.10. The molecule has 3 rings (SSSR count). The summed E-state index contributed by atoms with van der Waals surface area (Å²) in [6.45, 7) is 6.49. The van der Waals surface area contributed by atoms with Crippen molar-refractivity contribution in [3.05, 3.63) is 49.5 Å². The molecule has 1 aliphatic heterocycles. The number of hydrogen-bond acceptors (Lipinski definition) is 4. The molecule has 0 bridgehead atoms. The van der Waals surface area contributed by atoms with Gasteiger partial charge in [0.1, 0.15) is 5.01 Å². The van der Waals surface area contributed by atoms with Crippen molar-refractivity contribution in [2.75, 3.05) is 26.2 Å². The second-order valence-electron chi connectivity index (χ2n) is 5.78. The molecule has 23 heavy (non-hydrogen) atoms. The van der Waals surface area contributed by atoms with Gasteiger partial charge in [0.2, 0.25) is 0 Å². The van der Waals surface area contributed by atoms with E-state index in [-0.39, 0.29) is 5.91 Å². The summed E-state index contributed by atoms with van der Waals surface area (Å²) in [6, 6.07) is 5.96. The van der Waals surface area contributed by atoms with E-state index in [1.54, 1.807) is 11.3 Å². The number of nitrogens with zero attached hydrogens (tertiary/aromatic N) is 3. The van der Waals surface area contributed by atoms with E-state index in [4.69, 9.17) is 0 Å². The Balaban J connectivity index is 1.65. The smallest absolute Gasteiger partial charge is 0.254 e. The van der Waals surface area contributed by atoms with Crippen LogP contribution in [0.4, 0.5) is 0 Å². The van der Waals surface area contributed by atoms with Crippen molar-refractivity contribution >= 4 is 39.8 Å². The average Bonchev–Trinajstić information content (AvgIpc) is 2.94. The van der Waals surface area contributed by atoms with Crippen LogP contribution in [0, 0.1) is 10.5 Å². The van der Waals surface area contributed by atoms with Gasteiger partial charge in [-0.3, -0.25) is 9.69 Å². The summed E-state index contributed by atoms with van der Waals surface area (Å²) in [5, 5.41) is 3.17. The Morgan fingerprint density at radius 2 is 2.17 bits per heavy atom. The first kappa shape index (κ1) is 16.9. The van der Waals surface area contributed by atoms with Gasteiger partial charge in [-0.2, -0.15) is 0 Å². The lowest BCUT2D eigenvalue weighted by molar-refractivity contribution is 0.0760. The lowest BCUT2D eigenvalue weighted by Gasteiger charge is -2.22. The van der Waals surface area contributed by atoms with Gasteiger partial charge in [0.05, 0.1) is 12.1 Å². The van der Waals surface area contributed by atoms with Crippen LogP contribution in [0.25, 0.3) is 0 Å². The minimum atomic E-state index is 0.161. The number of carbonyl (C=O) groups excluding carboxylic acids is 1. The number of hydrogen-bond donors (Lipinski definition) is 0. The van der Waals surface area contributed by atoms with Crippen LogP contribution in [0.5, 0.6) is 0 Å². The summed E-state index contributed by atoms with van der Waals surface area (Å²) >= 11 is 3.98. The highest BCUT2D eigenvalue weighted by atomic mass is 127. The standard InChI is InChI=1S/C17H20IN3OS/c1-13-4-2-5-14(16(13)18)17(22)21-8-3-7-20(9-10-21)12-15-19-6-11-23-15/h2,4-6,11H,3,7-10,12H2,1H3. The summed E-state index contributed by atoms with van der Waals surface area (Å²) in [5.74, 6) is 0.161. The number of amides is 1. The quantitative estimate of drug-likeness (QED) is 0.686. The fourth-order valence-electron chi connectivity index (χ4n) is 2.84. The molecule has 1 amide bonds. The molecule has 0 radical (unpaired) electrons. The van der Waals surface area contributed by atoms with Gasteiger partial charge >= 0.3 is 0 Å². The fourth-order valence-corrected chi connectivity index (χ4v) is 4.09. The van der Waals surface area contributed by atoms with Crippen molar-refractivity contribution < 1.29 is 4.79 Å².